The van der Waals surface area contributed by atoms with Crippen LogP contribution in [0.15, 0.2) is 39.8 Å². The molecule has 218 valence electrons. The summed E-state index contributed by atoms with van der Waals surface area (Å²) in [7, 11) is 2.10. The number of aromatic amines is 1. The van der Waals surface area contributed by atoms with E-state index in [1.54, 1.807) is 24.3 Å². The van der Waals surface area contributed by atoms with Crippen molar-refractivity contribution in [1.82, 2.24) is 20.3 Å². The highest BCUT2D eigenvalue weighted by molar-refractivity contribution is 7.93. The molecule has 3 N–H and O–H groups in total. The zero-order valence-electron chi connectivity index (χ0n) is 23.2. The lowest BCUT2D eigenvalue weighted by Gasteiger charge is -2.30. The molecule has 2 fully saturated rings. The lowest BCUT2D eigenvalue weighted by atomic mass is 10.1. The number of nitrogens with zero attached hydrogens (tertiary/aromatic N) is 3. The molecule has 1 aliphatic heterocycles. The van der Waals surface area contributed by atoms with Crippen LogP contribution in [0.5, 0.6) is 17.2 Å². The maximum absolute atomic E-state index is 13.7. The Morgan fingerprint density at radius 1 is 1.02 bits per heavy atom. The Balaban J connectivity index is 1.31. The molecule has 41 heavy (non-hydrogen) atoms. The molecule has 1 saturated heterocycles. The Morgan fingerprint density at radius 3 is 2.41 bits per heavy atom. The lowest BCUT2D eigenvalue weighted by molar-refractivity contribution is -0.0211. The number of fused-ring (bicyclic) bond motifs is 1. The number of nitrogens with one attached hydrogen (secondary N) is 3. The zero-order valence-corrected chi connectivity index (χ0v) is 24.0. The number of anilines is 3. The number of aromatic nitrogens is 3. The fourth-order valence-electron chi connectivity index (χ4n) is 4.96. The van der Waals surface area contributed by atoms with Gasteiger partial charge in [0.15, 0.2) is 22.1 Å². The van der Waals surface area contributed by atoms with E-state index in [0.29, 0.717) is 47.3 Å². The maximum Gasteiger partial charge on any atom is 0.270 e. The maximum atomic E-state index is 13.7. The van der Waals surface area contributed by atoms with Gasteiger partial charge >= 0.3 is 0 Å². The van der Waals surface area contributed by atoms with Crippen molar-refractivity contribution in [3.05, 3.63) is 41.6 Å². The fraction of sp³-hybridized carbons (Fsp3) is 0.407. The summed E-state index contributed by atoms with van der Waals surface area (Å²) in [5, 5.41) is 15.0. The van der Waals surface area contributed by atoms with Crippen molar-refractivity contribution in [2.75, 3.05) is 58.1 Å². The average Bonchev–Trinajstić information content (AvgIpc) is 3.61. The molecule has 0 spiro atoms. The molecule has 1 saturated carbocycles. The number of hydrogen-bond donors (Lipinski definition) is 3. The monoisotopic (exact) mass is 584 g/mol. The Labute approximate surface area is 237 Å². The lowest BCUT2D eigenvalue weighted by Crippen LogP contribution is -2.35. The third-order valence-electron chi connectivity index (χ3n) is 7.29. The van der Waals surface area contributed by atoms with E-state index in [2.05, 4.69) is 30.3 Å². The van der Waals surface area contributed by atoms with Crippen molar-refractivity contribution < 1.29 is 31.9 Å². The number of benzene rings is 2. The van der Waals surface area contributed by atoms with Gasteiger partial charge in [-0.1, -0.05) is 5.16 Å². The van der Waals surface area contributed by atoms with Gasteiger partial charge in [-0.2, -0.15) is 5.10 Å². The van der Waals surface area contributed by atoms with Crippen molar-refractivity contribution in [1.29, 1.82) is 0 Å². The van der Waals surface area contributed by atoms with Gasteiger partial charge in [0.1, 0.15) is 17.2 Å². The predicted octanol–water partition coefficient (Wildman–Crippen LogP) is 4.00. The molecule has 0 unspecified atom stereocenters. The summed E-state index contributed by atoms with van der Waals surface area (Å²) in [6.45, 7) is 2.04. The second kappa shape index (κ2) is 10.8. The highest BCUT2D eigenvalue weighted by Gasteiger charge is 2.31. The van der Waals surface area contributed by atoms with E-state index in [-0.39, 0.29) is 28.3 Å². The largest absolute Gasteiger partial charge is 0.495 e. The Kier molecular flexibility index (Phi) is 7.13. The van der Waals surface area contributed by atoms with Gasteiger partial charge in [0, 0.05) is 36.8 Å². The van der Waals surface area contributed by atoms with Crippen LogP contribution in [0, 0.1) is 0 Å². The van der Waals surface area contributed by atoms with E-state index in [1.165, 1.54) is 21.3 Å². The molecular formula is C27H32N6O7S. The van der Waals surface area contributed by atoms with E-state index in [9.17, 15) is 8.42 Å². The van der Waals surface area contributed by atoms with E-state index in [4.69, 9.17) is 23.5 Å². The summed E-state index contributed by atoms with van der Waals surface area (Å²) >= 11 is 0. The van der Waals surface area contributed by atoms with Gasteiger partial charge in [-0.3, -0.25) is 9.82 Å². The summed E-state index contributed by atoms with van der Waals surface area (Å²) in [6.07, 6.45) is 2.06. The van der Waals surface area contributed by atoms with Crippen LogP contribution in [-0.2, 0) is 14.8 Å². The first-order valence-electron chi connectivity index (χ1n) is 13.2. The highest BCUT2D eigenvalue weighted by atomic mass is 32.2. The van der Waals surface area contributed by atoms with Crippen LogP contribution >= 0.6 is 0 Å². The molecule has 2 aromatic heterocycles. The van der Waals surface area contributed by atoms with Gasteiger partial charge in [0.2, 0.25) is 0 Å². The third-order valence-corrected chi connectivity index (χ3v) is 8.70. The number of likely N-dealkylation sites (N-methyl/N-ethyl adjacent to an activating group) is 1. The van der Waals surface area contributed by atoms with Gasteiger partial charge in [-0.05, 0) is 43.7 Å². The second-order valence-corrected chi connectivity index (χ2v) is 11.8. The van der Waals surface area contributed by atoms with Crippen LogP contribution in [-0.4, -0.2) is 76.7 Å². The minimum atomic E-state index is -4.24. The molecule has 2 aliphatic rings. The molecule has 0 radical (unpaired) electrons. The standard InChI is InChI=1S/C27H32N6O7S/c1-33-7-8-39-24(14-33)16-9-22(37-3)26(23(10-16)38-4)41(34,35)32-27-17-11-21(36-2)19(12-20(17)40-31-27)28-25-13-18(29-30-25)15-5-6-15/h9-13,15,24H,5-8,14H2,1-4H3,(H,31,32)(H2,28,29,30)/t24-/m0/s1. The molecule has 1 atom stereocenters. The normalized spacial score (nSPS) is 17.9. The molecule has 13 nitrogen and oxygen atoms in total. The minimum absolute atomic E-state index is 0.00828. The van der Waals surface area contributed by atoms with Crippen molar-refractivity contribution in [2.45, 2.75) is 29.8 Å². The van der Waals surface area contributed by atoms with Gasteiger partial charge in [0.05, 0.1) is 45.1 Å². The van der Waals surface area contributed by atoms with Crippen LogP contribution in [0.4, 0.5) is 17.3 Å². The van der Waals surface area contributed by atoms with Gasteiger partial charge in [-0.25, -0.2) is 8.42 Å². The van der Waals surface area contributed by atoms with Crippen LogP contribution in [0.25, 0.3) is 11.0 Å². The van der Waals surface area contributed by atoms with E-state index in [0.717, 1.165) is 30.6 Å². The SMILES string of the molecule is COc1cc2c(NS(=O)(=O)c3c(OC)cc([C@@H]4CN(C)CCO4)cc3OC)noc2cc1Nc1cc(C2CC2)[nH]n1. The summed E-state index contributed by atoms with van der Waals surface area (Å²) in [4.78, 5) is 1.98. The molecule has 0 amide bonds. The van der Waals surface area contributed by atoms with Crippen LogP contribution in [0.1, 0.15) is 36.1 Å². The summed E-state index contributed by atoms with van der Waals surface area (Å²) in [5.41, 5.74) is 2.77. The van der Waals surface area contributed by atoms with Crippen molar-refractivity contribution in [3.63, 3.8) is 0 Å². The Bertz CT molecular complexity index is 1660. The second-order valence-electron chi connectivity index (χ2n) is 10.2. The number of rotatable bonds is 10. The first kappa shape index (κ1) is 27.2. The topological polar surface area (TPSA) is 153 Å². The molecular weight excluding hydrogens is 552 g/mol. The molecule has 1 aliphatic carbocycles. The molecule has 4 aromatic rings. The molecule has 6 rings (SSSR count). The van der Waals surface area contributed by atoms with E-state index in [1.807, 2.05) is 13.1 Å². The van der Waals surface area contributed by atoms with Crippen LogP contribution in [0.2, 0.25) is 0 Å². The highest BCUT2D eigenvalue weighted by Crippen LogP contribution is 2.42. The molecule has 2 aromatic carbocycles. The quantitative estimate of drug-likeness (QED) is 0.248. The zero-order chi connectivity index (χ0) is 28.7. The fourth-order valence-corrected chi connectivity index (χ4v) is 6.27. The van der Waals surface area contributed by atoms with Crippen LogP contribution < -0.4 is 24.2 Å². The minimum Gasteiger partial charge on any atom is -0.495 e. The first-order chi connectivity index (χ1) is 19.8. The number of sulfonamides is 1. The first-order valence-corrected chi connectivity index (χ1v) is 14.7. The van der Waals surface area contributed by atoms with Crippen LogP contribution in [0.3, 0.4) is 0 Å². The van der Waals surface area contributed by atoms with Gasteiger partial charge < -0.3 is 33.7 Å². The Hall–Kier alpha value is -4.01. The van der Waals surface area contributed by atoms with Crippen molar-refractivity contribution in [3.8, 4) is 17.2 Å². The predicted molar refractivity (Wildman–Crippen MR) is 151 cm³/mol. The summed E-state index contributed by atoms with van der Waals surface area (Å²) in [5.74, 6) is 1.84. The van der Waals surface area contributed by atoms with E-state index >= 15 is 0 Å². The molecule has 0 bridgehead atoms. The average molecular weight is 585 g/mol. The summed E-state index contributed by atoms with van der Waals surface area (Å²) in [6, 6.07) is 8.61. The smallest absolute Gasteiger partial charge is 0.270 e. The number of methoxy groups -OCH3 is 3. The van der Waals surface area contributed by atoms with Gasteiger partial charge in [-0.15, -0.1) is 0 Å². The number of hydrogen-bond acceptors (Lipinski definition) is 11. The Morgan fingerprint density at radius 2 is 1.76 bits per heavy atom. The molecule has 14 heteroatoms. The summed E-state index contributed by atoms with van der Waals surface area (Å²) < 4.78 is 58.0. The van der Waals surface area contributed by atoms with E-state index < -0.39 is 10.0 Å². The van der Waals surface area contributed by atoms with Crippen molar-refractivity contribution in [2.24, 2.45) is 0 Å². The number of H-pyrrole nitrogens is 1. The third kappa shape index (κ3) is 5.37. The molecule has 3 heterocycles. The van der Waals surface area contributed by atoms with Crippen molar-refractivity contribution >= 4 is 38.3 Å². The number of morpholine rings is 1. The number of ether oxygens (including phenoxy) is 4. The van der Waals surface area contributed by atoms with Gasteiger partial charge in [0.25, 0.3) is 10.0 Å².